The molecule has 108 valence electrons. The number of phenolic OH excluding ortho intramolecular Hbond substituents is 1. The Morgan fingerprint density at radius 1 is 1.10 bits per heavy atom. The molecule has 2 aromatic carbocycles. The van der Waals surface area contributed by atoms with E-state index < -0.39 is 15.5 Å². The van der Waals surface area contributed by atoms with Crippen molar-refractivity contribution in [3.8, 4) is 5.75 Å². The van der Waals surface area contributed by atoms with Gasteiger partial charge in [-0.2, -0.15) is 0 Å². The normalized spacial score (nSPS) is 10.1. The molecule has 0 radical (unpaired) electrons. The summed E-state index contributed by atoms with van der Waals surface area (Å²) < 4.78 is 0. The lowest BCUT2D eigenvalue weighted by atomic mass is 10.1. The minimum absolute atomic E-state index is 0.0650. The second kappa shape index (κ2) is 5.45. The second-order valence-electron chi connectivity index (χ2n) is 4.31. The molecule has 21 heavy (non-hydrogen) atoms. The smallest absolute Gasteiger partial charge is 0.299 e. The summed E-state index contributed by atoms with van der Waals surface area (Å²) in [6.45, 7) is 1.72. The van der Waals surface area contributed by atoms with Crippen molar-refractivity contribution in [2.45, 2.75) is 6.92 Å². The first-order valence-electron chi connectivity index (χ1n) is 5.88. The van der Waals surface area contributed by atoms with E-state index in [1.807, 2.05) is 0 Å². The fraction of sp³-hybridized carbons (Fsp3) is 0.0769. The average Bonchev–Trinajstić information content (AvgIpc) is 2.42. The van der Waals surface area contributed by atoms with E-state index in [-0.39, 0.29) is 17.1 Å². The fourth-order valence-corrected chi connectivity index (χ4v) is 1.84. The molecule has 0 bridgehead atoms. The maximum atomic E-state index is 11.0. The van der Waals surface area contributed by atoms with E-state index in [1.54, 1.807) is 19.1 Å². The van der Waals surface area contributed by atoms with Gasteiger partial charge in [0.2, 0.25) is 0 Å². The predicted molar refractivity (Wildman–Crippen MR) is 75.9 cm³/mol. The van der Waals surface area contributed by atoms with Crippen LogP contribution < -0.4 is 5.32 Å². The zero-order valence-electron chi connectivity index (χ0n) is 10.9. The largest absolute Gasteiger partial charge is 0.506 e. The van der Waals surface area contributed by atoms with E-state index in [1.165, 1.54) is 12.1 Å². The van der Waals surface area contributed by atoms with Gasteiger partial charge < -0.3 is 10.4 Å². The van der Waals surface area contributed by atoms with Crippen LogP contribution in [0.4, 0.5) is 22.7 Å². The number of aryl methyl sites for hydroxylation is 1. The lowest BCUT2D eigenvalue weighted by Gasteiger charge is -2.11. The molecule has 8 heteroatoms. The minimum atomic E-state index is -0.718. The topological polar surface area (TPSA) is 119 Å². The van der Waals surface area contributed by atoms with Crippen molar-refractivity contribution >= 4 is 22.7 Å². The van der Waals surface area contributed by atoms with Crippen LogP contribution in [0.5, 0.6) is 5.75 Å². The van der Waals surface area contributed by atoms with Crippen molar-refractivity contribution in [1.82, 2.24) is 0 Å². The molecule has 0 saturated carbocycles. The molecule has 0 saturated heterocycles. The zero-order chi connectivity index (χ0) is 15.6. The van der Waals surface area contributed by atoms with Gasteiger partial charge in [0.15, 0.2) is 0 Å². The number of rotatable bonds is 4. The number of phenols is 1. The van der Waals surface area contributed by atoms with Crippen LogP contribution in [0.15, 0.2) is 36.4 Å². The zero-order valence-corrected chi connectivity index (χ0v) is 10.9. The van der Waals surface area contributed by atoms with Crippen LogP contribution >= 0.6 is 0 Å². The number of hydrogen-bond acceptors (Lipinski definition) is 6. The summed E-state index contributed by atoms with van der Waals surface area (Å²) in [4.78, 5) is 20.3. The van der Waals surface area contributed by atoms with Crippen molar-refractivity contribution in [3.63, 3.8) is 0 Å². The van der Waals surface area contributed by atoms with E-state index in [4.69, 9.17) is 0 Å². The van der Waals surface area contributed by atoms with Crippen LogP contribution in [-0.4, -0.2) is 15.0 Å². The van der Waals surface area contributed by atoms with Crippen LogP contribution in [-0.2, 0) is 0 Å². The lowest BCUT2D eigenvalue weighted by Crippen LogP contribution is -2.00. The number of nitrogens with one attached hydrogen (secondary N) is 1. The van der Waals surface area contributed by atoms with Gasteiger partial charge in [-0.3, -0.25) is 20.2 Å². The third-order valence-electron chi connectivity index (χ3n) is 2.90. The number of hydrogen-bond donors (Lipinski definition) is 2. The highest BCUT2D eigenvalue weighted by Crippen LogP contribution is 2.35. The number of nitrogens with zero attached hydrogens (tertiary/aromatic N) is 2. The van der Waals surface area contributed by atoms with Gasteiger partial charge in [0.1, 0.15) is 11.4 Å². The van der Waals surface area contributed by atoms with E-state index in [0.29, 0.717) is 11.3 Å². The van der Waals surface area contributed by atoms with Gasteiger partial charge in [0.05, 0.1) is 21.6 Å². The summed E-state index contributed by atoms with van der Waals surface area (Å²) in [5, 5.41) is 34.2. The van der Waals surface area contributed by atoms with Gasteiger partial charge in [-0.05, 0) is 24.6 Å². The highest BCUT2D eigenvalue weighted by Gasteiger charge is 2.20. The second-order valence-corrected chi connectivity index (χ2v) is 4.31. The molecule has 0 spiro atoms. The number of non-ortho nitro benzene ring substituents is 1. The van der Waals surface area contributed by atoms with Crippen LogP contribution in [0.1, 0.15) is 5.56 Å². The third-order valence-corrected chi connectivity index (χ3v) is 2.90. The molecule has 0 aliphatic carbocycles. The Labute approximate surface area is 119 Å². The summed E-state index contributed by atoms with van der Waals surface area (Å²) in [7, 11) is 0. The van der Waals surface area contributed by atoms with Crippen LogP contribution in [0.25, 0.3) is 0 Å². The molecule has 0 atom stereocenters. The molecule has 2 N–H and O–H groups in total. The number of nitro benzene ring substituents is 2. The maximum Gasteiger partial charge on any atom is 0.299 e. The van der Waals surface area contributed by atoms with Crippen molar-refractivity contribution in [2.24, 2.45) is 0 Å². The SMILES string of the molecule is Cc1cccc(O)c1Nc1ccc([N+](=O)[O-])cc1[N+](=O)[O-]. The Balaban J connectivity index is 2.49. The Morgan fingerprint density at radius 3 is 2.38 bits per heavy atom. The van der Waals surface area contributed by atoms with Gasteiger partial charge in [-0.25, -0.2) is 0 Å². The standard InChI is InChI=1S/C13H11N3O5/c1-8-3-2-4-12(17)13(8)14-10-6-5-9(15(18)19)7-11(10)16(20)21/h2-7,14,17H,1H3. The summed E-state index contributed by atoms with van der Waals surface area (Å²) in [6, 6.07) is 8.07. The molecule has 0 aromatic heterocycles. The Kier molecular flexibility index (Phi) is 3.70. The van der Waals surface area contributed by atoms with Crippen molar-refractivity contribution in [3.05, 3.63) is 62.2 Å². The molecule has 0 fully saturated rings. The number of benzene rings is 2. The molecule has 0 aliphatic heterocycles. The Hall–Kier alpha value is -3.16. The number of aromatic hydroxyl groups is 1. The molecule has 0 unspecified atom stereocenters. The molecule has 0 heterocycles. The van der Waals surface area contributed by atoms with E-state index in [0.717, 1.165) is 12.1 Å². The molecule has 2 rings (SSSR count). The van der Waals surface area contributed by atoms with Crippen LogP contribution in [0, 0.1) is 27.2 Å². The first-order chi connectivity index (χ1) is 9.90. The molecular weight excluding hydrogens is 278 g/mol. The third kappa shape index (κ3) is 2.89. The highest BCUT2D eigenvalue weighted by atomic mass is 16.6. The predicted octanol–water partition coefficient (Wildman–Crippen LogP) is 3.26. The van der Waals surface area contributed by atoms with Gasteiger partial charge >= 0.3 is 0 Å². The summed E-state index contributed by atoms with van der Waals surface area (Å²) in [5.41, 5.74) is 0.250. The molecule has 2 aromatic rings. The van der Waals surface area contributed by atoms with Gasteiger partial charge in [0.25, 0.3) is 11.4 Å². The molecule has 8 nitrogen and oxygen atoms in total. The van der Waals surface area contributed by atoms with Crippen LogP contribution in [0.2, 0.25) is 0 Å². The Bertz CT molecular complexity index is 709. The number of nitro groups is 2. The van der Waals surface area contributed by atoms with Crippen molar-refractivity contribution in [1.29, 1.82) is 0 Å². The van der Waals surface area contributed by atoms with E-state index in [2.05, 4.69) is 5.32 Å². The summed E-state index contributed by atoms with van der Waals surface area (Å²) >= 11 is 0. The first kappa shape index (κ1) is 14.3. The average molecular weight is 289 g/mol. The van der Waals surface area contributed by atoms with E-state index >= 15 is 0 Å². The van der Waals surface area contributed by atoms with Gasteiger partial charge in [-0.1, -0.05) is 12.1 Å². The fourth-order valence-electron chi connectivity index (χ4n) is 1.84. The lowest BCUT2D eigenvalue weighted by molar-refractivity contribution is -0.393. The first-order valence-corrected chi connectivity index (χ1v) is 5.88. The summed E-state index contributed by atoms with van der Waals surface area (Å²) in [5.74, 6) is -0.0670. The maximum absolute atomic E-state index is 11.0. The molecule has 0 amide bonds. The molecule has 0 aliphatic rings. The summed E-state index contributed by atoms with van der Waals surface area (Å²) in [6.07, 6.45) is 0. The number of anilines is 2. The van der Waals surface area contributed by atoms with E-state index in [9.17, 15) is 25.3 Å². The number of para-hydroxylation sites is 1. The Morgan fingerprint density at radius 2 is 1.81 bits per heavy atom. The highest BCUT2D eigenvalue weighted by molar-refractivity contribution is 5.76. The quantitative estimate of drug-likeness (QED) is 0.506. The van der Waals surface area contributed by atoms with Crippen molar-refractivity contribution in [2.75, 3.05) is 5.32 Å². The van der Waals surface area contributed by atoms with Crippen LogP contribution in [0.3, 0.4) is 0 Å². The van der Waals surface area contributed by atoms with Gasteiger partial charge in [-0.15, -0.1) is 0 Å². The monoisotopic (exact) mass is 289 g/mol. The minimum Gasteiger partial charge on any atom is -0.506 e. The van der Waals surface area contributed by atoms with Crippen molar-refractivity contribution < 1.29 is 15.0 Å². The molecular formula is C13H11N3O5. The van der Waals surface area contributed by atoms with Gasteiger partial charge in [0, 0.05) is 6.07 Å².